The zero-order valence-electron chi connectivity index (χ0n) is 17.4. The molecule has 5 aromatic rings. The Morgan fingerprint density at radius 1 is 0.909 bits per heavy atom. The number of rotatable bonds is 6. The highest BCUT2D eigenvalue weighted by Crippen LogP contribution is 2.28. The molecule has 0 fully saturated rings. The van der Waals surface area contributed by atoms with E-state index in [1.165, 1.54) is 23.9 Å². The first-order valence-corrected chi connectivity index (χ1v) is 11.2. The molecule has 0 radical (unpaired) electrons. The van der Waals surface area contributed by atoms with Gasteiger partial charge in [-0.3, -0.25) is 14.3 Å². The van der Waals surface area contributed by atoms with Gasteiger partial charge in [-0.2, -0.15) is 0 Å². The highest BCUT2D eigenvalue weighted by Gasteiger charge is 2.17. The number of halogens is 1. The van der Waals surface area contributed by atoms with E-state index in [2.05, 4.69) is 20.5 Å². The third kappa shape index (κ3) is 4.47. The Labute approximate surface area is 193 Å². The number of nitrogens with zero attached hydrogens (tertiary/aromatic N) is 4. The van der Waals surface area contributed by atoms with E-state index >= 15 is 0 Å². The van der Waals surface area contributed by atoms with Crippen LogP contribution < -0.4 is 5.32 Å². The maximum Gasteiger partial charge on any atom is 0.234 e. The smallest absolute Gasteiger partial charge is 0.234 e. The maximum absolute atomic E-state index is 13.5. The average molecular weight is 456 g/mol. The van der Waals surface area contributed by atoms with Gasteiger partial charge in [0, 0.05) is 34.7 Å². The van der Waals surface area contributed by atoms with Crippen molar-refractivity contribution in [2.45, 2.75) is 5.16 Å². The van der Waals surface area contributed by atoms with Crippen LogP contribution in [0.25, 0.3) is 27.8 Å². The van der Waals surface area contributed by atoms with Crippen LogP contribution in [0.3, 0.4) is 0 Å². The first-order valence-electron chi connectivity index (χ1n) is 10.2. The fraction of sp³-hybridized carbons (Fsp3) is 0.0400. The van der Waals surface area contributed by atoms with Crippen LogP contribution in [0.15, 0.2) is 96.4 Å². The van der Waals surface area contributed by atoms with E-state index in [0.29, 0.717) is 16.7 Å². The third-order valence-corrected chi connectivity index (χ3v) is 5.98. The van der Waals surface area contributed by atoms with Gasteiger partial charge in [0.2, 0.25) is 5.91 Å². The number of nitrogens with one attached hydrogen (secondary N) is 1. The van der Waals surface area contributed by atoms with Crippen molar-refractivity contribution in [3.63, 3.8) is 0 Å². The molecule has 1 amide bonds. The lowest BCUT2D eigenvalue weighted by atomic mass is 10.1. The molecule has 0 aliphatic heterocycles. The van der Waals surface area contributed by atoms with Crippen molar-refractivity contribution in [1.82, 2.24) is 19.7 Å². The van der Waals surface area contributed by atoms with E-state index in [1.54, 1.807) is 24.5 Å². The van der Waals surface area contributed by atoms with Crippen LogP contribution in [0.5, 0.6) is 0 Å². The maximum atomic E-state index is 13.5. The quantitative estimate of drug-likeness (QED) is 0.349. The standard InChI is InChI=1S/C25H18FN5OS/c26-19-8-10-20(11-9-19)31-24(18-12-14-27-15-13-18)29-30-25(31)33-16-23(32)28-22-7-3-5-17-4-1-2-6-21(17)22/h1-15H,16H2,(H,28,32). The van der Waals surface area contributed by atoms with Crippen LogP contribution in [0.4, 0.5) is 10.1 Å². The molecule has 8 heteroatoms. The molecule has 0 atom stereocenters. The second kappa shape index (κ2) is 9.22. The molecule has 6 nitrogen and oxygen atoms in total. The molecule has 0 bridgehead atoms. The lowest BCUT2D eigenvalue weighted by molar-refractivity contribution is -0.113. The number of amides is 1. The summed E-state index contributed by atoms with van der Waals surface area (Å²) in [7, 11) is 0. The Kier molecular flexibility index (Phi) is 5.82. The van der Waals surface area contributed by atoms with Crippen LogP contribution in [0.2, 0.25) is 0 Å². The number of hydrogen-bond donors (Lipinski definition) is 1. The summed E-state index contributed by atoms with van der Waals surface area (Å²) >= 11 is 1.26. The van der Waals surface area contributed by atoms with Gasteiger partial charge in [-0.1, -0.05) is 48.2 Å². The van der Waals surface area contributed by atoms with E-state index in [-0.39, 0.29) is 17.5 Å². The second-order valence-corrected chi connectivity index (χ2v) is 8.16. The summed E-state index contributed by atoms with van der Waals surface area (Å²) in [4.78, 5) is 16.8. The number of hydrogen-bond acceptors (Lipinski definition) is 5. The molecule has 2 heterocycles. The summed E-state index contributed by atoms with van der Waals surface area (Å²) in [5.41, 5.74) is 2.27. The zero-order chi connectivity index (χ0) is 22.6. The summed E-state index contributed by atoms with van der Waals surface area (Å²) in [5, 5.41) is 14.2. The first-order chi connectivity index (χ1) is 16.2. The lowest BCUT2D eigenvalue weighted by Crippen LogP contribution is -2.14. The van der Waals surface area contributed by atoms with Gasteiger partial charge < -0.3 is 5.32 Å². The predicted molar refractivity (Wildman–Crippen MR) is 128 cm³/mol. The number of benzene rings is 3. The van der Waals surface area contributed by atoms with E-state index in [4.69, 9.17) is 0 Å². The Morgan fingerprint density at radius 3 is 2.48 bits per heavy atom. The third-order valence-electron chi connectivity index (χ3n) is 5.05. The fourth-order valence-electron chi connectivity index (χ4n) is 3.53. The topological polar surface area (TPSA) is 72.7 Å². The van der Waals surface area contributed by atoms with Crippen molar-refractivity contribution in [1.29, 1.82) is 0 Å². The Balaban J connectivity index is 1.41. The van der Waals surface area contributed by atoms with Crippen LogP contribution in [-0.2, 0) is 4.79 Å². The largest absolute Gasteiger partial charge is 0.325 e. The normalized spacial score (nSPS) is 10.9. The SMILES string of the molecule is O=C(CSc1nnc(-c2ccncc2)n1-c1ccc(F)cc1)Nc1cccc2ccccc12. The number of thioether (sulfide) groups is 1. The Hall–Kier alpha value is -4.04. The number of carbonyl (C=O) groups excluding carboxylic acids is 1. The van der Waals surface area contributed by atoms with Crippen molar-refractivity contribution >= 4 is 34.1 Å². The van der Waals surface area contributed by atoms with Crippen LogP contribution in [-0.4, -0.2) is 31.4 Å². The van der Waals surface area contributed by atoms with Crippen molar-refractivity contribution in [3.05, 3.63) is 97.1 Å². The molecular weight excluding hydrogens is 437 g/mol. The number of carbonyl (C=O) groups is 1. The molecule has 0 spiro atoms. The van der Waals surface area contributed by atoms with Gasteiger partial charge in [0.1, 0.15) is 5.82 Å². The molecule has 0 aliphatic carbocycles. The van der Waals surface area contributed by atoms with Crippen LogP contribution in [0, 0.1) is 5.82 Å². The van der Waals surface area contributed by atoms with Crippen molar-refractivity contribution < 1.29 is 9.18 Å². The van der Waals surface area contributed by atoms with Gasteiger partial charge in [-0.05, 0) is 47.9 Å². The van der Waals surface area contributed by atoms with E-state index in [0.717, 1.165) is 22.0 Å². The lowest BCUT2D eigenvalue weighted by Gasteiger charge is -2.11. The minimum atomic E-state index is -0.332. The van der Waals surface area contributed by atoms with E-state index < -0.39 is 0 Å². The summed E-state index contributed by atoms with van der Waals surface area (Å²) in [6.45, 7) is 0. The average Bonchev–Trinajstić information content (AvgIpc) is 3.28. The zero-order valence-corrected chi connectivity index (χ0v) is 18.2. The predicted octanol–water partition coefficient (Wildman–Crippen LogP) is 5.35. The fourth-order valence-corrected chi connectivity index (χ4v) is 4.28. The molecule has 5 rings (SSSR count). The molecule has 0 saturated carbocycles. The van der Waals surface area contributed by atoms with Gasteiger partial charge >= 0.3 is 0 Å². The summed E-state index contributed by atoms with van der Waals surface area (Å²) < 4.78 is 15.3. The monoisotopic (exact) mass is 455 g/mol. The molecule has 0 saturated heterocycles. The molecule has 3 aromatic carbocycles. The molecule has 33 heavy (non-hydrogen) atoms. The number of aromatic nitrogens is 4. The highest BCUT2D eigenvalue weighted by molar-refractivity contribution is 7.99. The molecular formula is C25H18FN5OS. The molecule has 162 valence electrons. The minimum absolute atomic E-state index is 0.138. The highest BCUT2D eigenvalue weighted by atomic mass is 32.2. The Bertz CT molecular complexity index is 1410. The van der Waals surface area contributed by atoms with E-state index in [1.807, 2.05) is 59.2 Å². The van der Waals surface area contributed by atoms with Gasteiger partial charge in [0.15, 0.2) is 11.0 Å². The van der Waals surface area contributed by atoms with Crippen molar-refractivity contribution in [2.75, 3.05) is 11.1 Å². The molecule has 1 N–H and O–H groups in total. The van der Waals surface area contributed by atoms with Crippen LogP contribution >= 0.6 is 11.8 Å². The minimum Gasteiger partial charge on any atom is -0.325 e. The summed E-state index contributed by atoms with van der Waals surface area (Å²) in [5.74, 6) is 0.233. The molecule has 0 aliphatic rings. The second-order valence-electron chi connectivity index (χ2n) is 7.22. The van der Waals surface area contributed by atoms with Gasteiger partial charge in [-0.15, -0.1) is 10.2 Å². The van der Waals surface area contributed by atoms with Crippen molar-refractivity contribution in [2.24, 2.45) is 0 Å². The van der Waals surface area contributed by atoms with Crippen molar-refractivity contribution in [3.8, 4) is 17.1 Å². The van der Waals surface area contributed by atoms with Gasteiger partial charge in [0.25, 0.3) is 0 Å². The number of fused-ring (bicyclic) bond motifs is 1. The summed E-state index contributed by atoms with van der Waals surface area (Å²) in [6, 6.07) is 23.4. The van der Waals surface area contributed by atoms with Gasteiger partial charge in [0.05, 0.1) is 5.75 Å². The Morgan fingerprint density at radius 2 is 1.67 bits per heavy atom. The van der Waals surface area contributed by atoms with E-state index in [9.17, 15) is 9.18 Å². The molecule has 2 aromatic heterocycles. The number of anilines is 1. The van der Waals surface area contributed by atoms with Gasteiger partial charge in [-0.25, -0.2) is 4.39 Å². The molecule has 0 unspecified atom stereocenters. The van der Waals surface area contributed by atoms with Crippen LogP contribution in [0.1, 0.15) is 0 Å². The first kappa shape index (κ1) is 20.8. The summed E-state index contributed by atoms with van der Waals surface area (Å²) in [6.07, 6.45) is 3.34. The number of pyridine rings is 1.